The molecule has 3 rings (SSSR count). The number of ether oxygens (including phenoxy) is 1. The zero-order valence-corrected chi connectivity index (χ0v) is 13.4. The predicted molar refractivity (Wildman–Crippen MR) is 92.0 cm³/mol. The van der Waals surface area contributed by atoms with Gasteiger partial charge in [0.1, 0.15) is 0 Å². The number of methoxy groups -OCH3 is 1. The van der Waals surface area contributed by atoms with Gasteiger partial charge in [0.05, 0.1) is 17.7 Å². The fourth-order valence-corrected chi connectivity index (χ4v) is 2.87. The van der Waals surface area contributed by atoms with Crippen molar-refractivity contribution >= 4 is 28.9 Å². The second-order valence-electron chi connectivity index (χ2n) is 5.31. The number of carbonyl (C=O) groups excluding carboxylic acids is 1. The summed E-state index contributed by atoms with van der Waals surface area (Å²) in [6.45, 7) is 2.48. The van der Waals surface area contributed by atoms with Gasteiger partial charge in [-0.15, -0.1) is 0 Å². The van der Waals surface area contributed by atoms with Crippen molar-refractivity contribution in [3.63, 3.8) is 0 Å². The van der Waals surface area contributed by atoms with Gasteiger partial charge in [0.2, 0.25) is 0 Å². The highest BCUT2D eigenvalue weighted by molar-refractivity contribution is 6.35. The molecule has 1 amide bonds. The van der Waals surface area contributed by atoms with E-state index in [-0.39, 0.29) is 17.3 Å². The van der Waals surface area contributed by atoms with Crippen molar-refractivity contribution in [1.82, 2.24) is 0 Å². The summed E-state index contributed by atoms with van der Waals surface area (Å²) in [6, 6.07) is 12.2. The van der Waals surface area contributed by atoms with Gasteiger partial charge in [-0.2, -0.15) is 0 Å². The summed E-state index contributed by atoms with van der Waals surface area (Å²) in [5.74, 6) is 0.0904. The molecule has 2 aromatic carbocycles. The first-order valence-electron chi connectivity index (χ1n) is 7.52. The number of benzene rings is 2. The van der Waals surface area contributed by atoms with E-state index in [0.29, 0.717) is 17.7 Å². The molecule has 2 aromatic rings. The van der Waals surface area contributed by atoms with E-state index in [9.17, 15) is 14.9 Å². The van der Waals surface area contributed by atoms with Gasteiger partial charge >= 0.3 is 5.69 Å². The number of nitro benzene ring substituents is 1. The number of nitro groups is 1. The number of hydrogen-bond acceptors (Lipinski definition) is 4. The minimum atomic E-state index is -0.496. The maximum Gasteiger partial charge on any atom is 0.311 e. The largest absolute Gasteiger partial charge is 0.490 e. The molecule has 0 aliphatic carbocycles. The molecule has 0 fully saturated rings. The lowest BCUT2D eigenvalue weighted by molar-refractivity contribution is -0.385. The van der Waals surface area contributed by atoms with Gasteiger partial charge in [-0.3, -0.25) is 14.9 Å². The lowest BCUT2D eigenvalue weighted by atomic mass is 10.0. The Bertz CT molecular complexity index is 858. The third-order valence-electron chi connectivity index (χ3n) is 3.99. The first-order chi connectivity index (χ1) is 11.6. The Balaban J connectivity index is 2.11. The SMILES string of the molecule is CCN1C(=O)/C(=C/c2ccc(OC)c([N+](=O)[O-])c2)c2ccccc21. The van der Waals surface area contributed by atoms with Gasteiger partial charge in [0, 0.05) is 23.7 Å². The van der Waals surface area contributed by atoms with Crippen molar-refractivity contribution in [3.05, 3.63) is 63.7 Å². The van der Waals surface area contributed by atoms with Crippen molar-refractivity contribution in [1.29, 1.82) is 0 Å². The lowest BCUT2D eigenvalue weighted by Gasteiger charge is -2.13. The molecule has 0 radical (unpaired) electrons. The molecule has 24 heavy (non-hydrogen) atoms. The third kappa shape index (κ3) is 2.52. The summed E-state index contributed by atoms with van der Waals surface area (Å²) in [7, 11) is 1.39. The van der Waals surface area contributed by atoms with Crippen LogP contribution in [0, 0.1) is 10.1 Å². The van der Waals surface area contributed by atoms with Crippen LogP contribution in [0.15, 0.2) is 42.5 Å². The summed E-state index contributed by atoms with van der Waals surface area (Å²) < 4.78 is 5.01. The van der Waals surface area contributed by atoms with Crippen molar-refractivity contribution in [2.75, 3.05) is 18.6 Å². The molecule has 0 N–H and O–H groups in total. The number of rotatable bonds is 4. The molecule has 0 spiro atoms. The van der Waals surface area contributed by atoms with E-state index in [0.717, 1.165) is 11.3 Å². The van der Waals surface area contributed by atoms with Gasteiger partial charge in [-0.1, -0.05) is 24.3 Å². The number of likely N-dealkylation sites (N-methyl/N-ethyl adjacent to an activating group) is 1. The van der Waals surface area contributed by atoms with Gasteiger partial charge < -0.3 is 9.64 Å². The second kappa shape index (κ2) is 6.16. The monoisotopic (exact) mass is 324 g/mol. The highest BCUT2D eigenvalue weighted by Gasteiger charge is 2.30. The van der Waals surface area contributed by atoms with Crippen LogP contribution in [-0.2, 0) is 4.79 Å². The van der Waals surface area contributed by atoms with Crippen LogP contribution < -0.4 is 9.64 Å². The summed E-state index contributed by atoms with van der Waals surface area (Å²) in [5.41, 5.74) is 2.69. The van der Waals surface area contributed by atoms with Gasteiger partial charge in [-0.05, 0) is 30.7 Å². The standard InChI is InChI=1S/C18H16N2O4/c1-3-19-15-7-5-4-6-13(15)14(18(19)21)10-12-8-9-17(24-2)16(11-12)20(22)23/h4-11H,3H2,1-2H3/b14-10+. The molecule has 6 nitrogen and oxygen atoms in total. The zero-order chi connectivity index (χ0) is 17.3. The molecule has 1 heterocycles. The molecule has 0 bridgehead atoms. The number of carbonyl (C=O) groups is 1. The van der Waals surface area contributed by atoms with Crippen LogP contribution >= 0.6 is 0 Å². The normalized spacial score (nSPS) is 14.8. The Kier molecular flexibility index (Phi) is 4.04. The minimum Gasteiger partial charge on any atom is -0.490 e. The summed E-state index contributed by atoms with van der Waals surface area (Å²) in [5, 5.41) is 11.2. The van der Waals surface area contributed by atoms with Crippen LogP contribution in [0.5, 0.6) is 5.75 Å². The molecule has 1 aliphatic heterocycles. The molecule has 6 heteroatoms. The van der Waals surface area contributed by atoms with Crippen LogP contribution in [0.25, 0.3) is 11.6 Å². The van der Waals surface area contributed by atoms with Gasteiger partial charge in [-0.25, -0.2) is 0 Å². The lowest BCUT2D eigenvalue weighted by Crippen LogP contribution is -2.25. The number of fused-ring (bicyclic) bond motifs is 1. The Morgan fingerprint density at radius 3 is 2.67 bits per heavy atom. The molecule has 122 valence electrons. The number of amides is 1. The Morgan fingerprint density at radius 2 is 2.00 bits per heavy atom. The van der Waals surface area contributed by atoms with Gasteiger partial charge in [0.15, 0.2) is 5.75 Å². The van der Waals surface area contributed by atoms with Crippen LogP contribution in [0.1, 0.15) is 18.1 Å². The van der Waals surface area contributed by atoms with Crippen LogP contribution in [-0.4, -0.2) is 24.5 Å². The number of nitrogens with zero attached hydrogens (tertiary/aromatic N) is 2. The van der Waals surface area contributed by atoms with E-state index in [1.807, 2.05) is 31.2 Å². The van der Waals surface area contributed by atoms with Crippen molar-refractivity contribution < 1.29 is 14.5 Å². The molecule has 0 unspecified atom stereocenters. The number of hydrogen-bond donors (Lipinski definition) is 0. The molecule has 0 atom stereocenters. The molecule has 0 saturated carbocycles. The average Bonchev–Trinajstić information content (AvgIpc) is 2.86. The smallest absolute Gasteiger partial charge is 0.311 e. The van der Waals surface area contributed by atoms with Crippen molar-refractivity contribution in [2.45, 2.75) is 6.92 Å². The second-order valence-corrected chi connectivity index (χ2v) is 5.31. The van der Waals surface area contributed by atoms with Gasteiger partial charge in [0.25, 0.3) is 5.91 Å². The Hall–Kier alpha value is -3.15. The summed E-state index contributed by atoms with van der Waals surface area (Å²) in [4.78, 5) is 25.0. The molecule has 0 saturated heterocycles. The first-order valence-corrected chi connectivity index (χ1v) is 7.52. The van der Waals surface area contributed by atoms with E-state index in [1.165, 1.54) is 19.2 Å². The number of para-hydroxylation sites is 1. The fraction of sp³-hybridized carbons (Fsp3) is 0.167. The first kappa shape index (κ1) is 15.7. The Labute approximate surface area is 139 Å². The van der Waals surface area contributed by atoms with E-state index in [4.69, 9.17) is 4.74 Å². The minimum absolute atomic E-state index is 0.0998. The predicted octanol–water partition coefficient (Wildman–Crippen LogP) is 3.51. The van der Waals surface area contributed by atoms with E-state index >= 15 is 0 Å². The van der Waals surface area contributed by atoms with Crippen molar-refractivity contribution in [2.24, 2.45) is 0 Å². The van der Waals surface area contributed by atoms with Crippen LogP contribution in [0.2, 0.25) is 0 Å². The van der Waals surface area contributed by atoms with E-state index in [2.05, 4.69) is 0 Å². The van der Waals surface area contributed by atoms with Crippen molar-refractivity contribution in [3.8, 4) is 5.75 Å². The van der Waals surface area contributed by atoms with Crippen LogP contribution in [0.4, 0.5) is 11.4 Å². The quantitative estimate of drug-likeness (QED) is 0.490. The molecular weight excluding hydrogens is 308 g/mol. The average molecular weight is 324 g/mol. The fourth-order valence-electron chi connectivity index (χ4n) is 2.87. The topological polar surface area (TPSA) is 72.7 Å². The molecule has 1 aliphatic rings. The zero-order valence-electron chi connectivity index (χ0n) is 13.4. The van der Waals surface area contributed by atoms with Crippen LogP contribution in [0.3, 0.4) is 0 Å². The molecular formula is C18H16N2O4. The van der Waals surface area contributed by atoms with E-state index in [1.54, 1.807) is 17.0 Å². The summed E-state index contributed by atoms with van der Waals surface area (Å²) in [6.07, 6.45) is 1.68. The maximum atomic E-state index is 12.6. The molecule has 0 aromatic heterocycles. The highest BCUT2D eigenvalue weighted by atomic mass is 16.6. The Morgan fingerprint density at radius 1 is 1.25 bits per heavy atom. The highest BCUT2D eigenvalue weighted by Crippen LogP contribution is 2.38. The summed E-state index contributed by atoms with van der Waals surface area (Å²) >= 11 is 0. The number of anilines is 1. The van der Waals surface area contributed by atoms with E-state index < -0.39 is 4.92 Å². The third-order valence-corrected chi connectivity index (χ3v) is 3.99. The maximum absolute atomic E-state index is 12.6.